The maximum atomic E-state index is 11.7. The van der Waals surface area contributed by atoms with Gasteiger partial charge in [-0.2, -0.15) is 0 Å². The summed E-state index contributed by atoms with van der Waals surface area (Å²) in [6.07, 6.45) is 20.2. The van der Waals surface area contributed by atoms with Crippen molar-refractivity contribution in [2.24, 2.45) is 0 Å². The Bertz CT molecular complexity index is 486. The molecule has 0 aromatic carbocycles. The van der Waals surface area contributed by atoms with E-state index < -0.39 is 13.9 Å². The van der Waals surface area contributed by atoms with Crippen LogP contribution in [0.1, 0.15) is 110 Å². The van der Waals surface area contributed by atoms with Gasteiger partial charge in [-0.25, -0.2) is 0 Å². The van der Waals surface area contributed by atoms with Crippen LogP contribution in [-0.2, 0) is 18.3 Å². The number of phosphoric acid groups is 1. The van der Waals surface area contributed by atoms with E-state index in [0.717, 1.165) is 12.8 Å². The number of hydrogen-bond acceptors (Lipinski definition) is 6. The molecule has 206 valence electrons. The van der Waals surface area contributed by atoms with Crippen molar-refractivity contribution in [2.45, 2.75) is 116 Å². The van der Waals surface area contributed by atoms with E-state index in [4.69, 9.17) is 13.8 Å². The molecule has 0 heterocycles. The summed E-state index contributed by atoms with van der Waals surface area (Å²) in [7, 11) is 1.45. The minimum Gasteiger partial charge on any atom is -0.756 e. The maximum Gasteiger partial charge on any atom is 0.268 e. The molecule has 34 heavy (non-hydrogen) atoms. The molecule has 0 rings (SSSR count). The maximum absolute atomic E-state index is 11.7. The third-order valence-corrected chi connectivity index (χ3v) is 6.85. The molecule has 0 aliphatic carbocycles. The number of aliphatic hydroxyl groups excluding tert-OH is 1. The number of likely N-dealkylation sites (N-methyl/N-ethyl adjacent to an activating group) is 1. The third kappa shape index (κ3) is 26.6. The highest BCUT2D eigenvalue weighted by atomic mass is 31.2. The van der Waals surface area contributed by atoms with Gasteiger partial charge in [0, 0.05) is 6.61 Å². The van der Waals surface area contributed by atoms with Crippen molar-refractivity contribution in [1.29, 1.82) is 0 Å². The van der Waals surface area contributed by atoms with E-state index in [2.05, 4.69) is 6.92 Å². The van der Waals surface area contributed by atoms with Crippen LogP contribution in [0.5, 0.6) is 0 Å². The summed E-state index contributed by atoms with van der Waals surface area (Å²) in [6, 6.07) is 0. The minimum absolute atomic E-state index is 0.0517. The number of rotatable bonds is 26. The SMILES string of the molecule is CCCCCCCCCCCCCCCCCCOC[C@@H](O)COP(=O)([O-])OCC[N+](C)(C)C. The van der Waals surface area contributed by atoms with Gasteiger partial charge in [0.25, 0.3) is 7.82 Å². The fourth-order valence-electron chi connectivity index (χ4n) is 3.66. The van der Waals surface area contributed by atoms with Crippen molar-refractivity contribution >= 4 is 7.82 Å². The van der Waals surface area contributed by atoms with E-state index in [1.807, 2.05) is 21.1 Å². The van der Waals surface area contributed by atoms with E-state index in [0.29, 0.717) is 17.6 Å². The number of nitrogens with zero attached hydrogens (tertiary/aromatic N) is 1. The van der Waals surface area contributed by atoms with Gasteiger partial charge in [-0.15, -0.1) is 0 Å². The second-order valence-electron chi connectivity index (χ2n) is 10.6. The van der Waals surface area contributed by atoms with Crippen LogP contribution in [0.4, 0.5) is 0 Å². The number of aliphatic hydroxyl groups is 1. The van der Waals surface area contributed by atoms with E-state index in [1.165, 1.54) is 89.9 Å². The van der Waals surface area contributed by atoms with Gasteiger partial charge in [-0.1, -0.05) is 103 Å². The molecule has 0 amide bonds. The predicted octanol–water partition coefficient (Wildman–Crippen LogP) is 5.83. The highest BCUT2D eigenvalue weighted by Crippen LogP contribution is 2.38. The fourth-order valence-corrected chi connectivity index (χ4v) is 4.40. The van der Waals surface area contributed by atoms with Gasteiger partial charge in [0.2, 0.25) is 0 Å². The lowest BCUT2D eigenvalue weighted by Gasteiger charge is -2.27. The molecule has 0 saturated heterocycles. The lowest BCUT2D eigenvalue weighted by atomic mass is 10.0. The number of phosphoric ester groups is 1. The van der Waals surface area contributed by atoms with E-state index in [1.54, 1.807) is 0 Å². The van der Waals surface area contributed by atoms with E-state index in [9.17, 15) is 14.6 Å². The smallest absolute Gasteiger partial charge is 0.268 e. The van der Waals surface area contributed by atoms with Crippen LogP contribution in [-0.4, -0.2) is 69.8 Å². The molecule has 7 nitrogen and oxygen atoms in total. The van der Waals surface area contributed by atoms with Crippen molar-refractivity contribution in [3.63, 3.8) is 0 Å². The van der Waals surface area contributed by atoms with Crippen LogP contribution in [0.25, 0.3) is 0 Å². The second-order valence-corrected chi connectivity index (χ2v) is 12.0. The largest absolute Gasteiger partial charge is 0.756 e. The average Bonchev–Trinajstić information content (AvgIpc) is 2.76. The molecular formula is C26H56NO6P. The van der Waals surface area contributed by atoms with Crippen molar-refractivity contribution in [3.8, 4) is 0 Å². The number of unbranched alkanes of at least 4 members (excludes halogenated alkanes) is 15. The highest BCUT2D eigenvalue weighted by molar-refractivity contribution is 7.45. The Morgan fingerprint density at radius 3 is 1.59 bits per heavy atom. The van der Waals surface area contributed by atoms with Crippen molar-refractivity contribution in [1.82, 2.24) is 0 Å². The lowest BCUT2D eigenvalue weighted by Crippen LogP contribution is -2.37. The molecule has 0 aromatic rings. The van der Waals surface area contributed by atoms with Crippen LogP contribution in [0.2, 0.25) is 0 Å². The highest BCUT2D eigenvalue weighted by Gasteiger charge is 2.15. The molecule has 1 unspecified atom stereocenters. The van der Waals surface area contributed by atoms with Gasteiger partial charge in [-0.05, 0) is 6.42 Å². The molecule has 1 N–H and O–H groups in total. The van der Waals surface area contributed by atoms with Gasteiger partial charge in [0.15, 0.2) is 0 Å². The molecule has 0 spiro atoms. The van der Waals surface area contributed by atoms with Crippen molar-refractivity contribution in [3.05, 3.63) is 0 Å². The number of quaternary nitrogens is 1. The monoisotopic (exact) mass is 509 g/mol. The summed E-state index contributed by atoms with van der Waals surface area (Å²) in [6.45, 7) is 3.16. The molecular weight excluding hydrogens is 453 g/mol. The first-order valence-corrected chi connectivity index (χ1v) is 15.3. The number of hydrogen-bond donors (Lipinski definition) is 1. The van der Waals surface area contributed by atoms with Crippen LogP contribution < -0.4 is 4.89 Å². The van der Waals surface area contributed by atoms with Crippen LogP contribution in [0, 0.1) is 0 Å². The van der Waals surface area contributed by atoms with E-state index in [-0.39, 0.29) is 19.8 Å². The lowest BCUT2D eigenvalue weighted by molar-refractivity contribution is -0.870. The molecule has 0 saturated carbocycles. The quantitative estimate of drug-likeness (QED) is 0.0896. The average molecular weight is 510 g/mol. The second kappa shape index (κ2) is 22.2. The molecule has 0 aliphatic rings. The fraction of sp³-hybridized carbons (Fsp3) is 1.00. The first-order chi connectivity index (χ1) is 16.2. The zero-order chi connectivity index (χ0) is 25.5. The third-order valence-electron chi connectivity index (χ3n) is 5.89. The Hall–Kier alpha value is -0.0100. The summed E-state index contributed by atoms with van der Waals surface area (Å²) < 4.78 is 27.3. The van der Waals surface area contributed by atoms with Crippen LogP contribution in [0.15, 0.2) is 0 Å². The predicted molar refractivity (Wildman–Crippen MR) is 139 cm³/mol. The molecule has 0 aromatic heterocycles. The van der Waals surface area contributed by atoms with Gasteiger partial charge < -0.3 is 28.3 Å². The molecule has 0 radical (unpaired) electrons. The molecule has 0 fully saturated rings. The summed E-state index contributed by atoms with van der Waals surface area (Å²) in [4.78, 5) is 11.7. The Morgan fingerprint density at radius 1 is 0.706 bits per heavy atom. The van der Waals surface area contributed by atoms with Crippen molar-refractivity contribution in [2.75, 3.05) is 54.1 Å². The summed E-state index contributed by atoms with van der Waals surface area (Å²) in [5, 5.41) is 9.83. The Kier molecular flexibility index (Phi) is 22.2. The van der Waals surface area contributed by atoms with Gasteiger partial charge >= 0.3 is 0 Å². The standard InChI is InChI=1S/C26H56NO6P/c1-5-6-7-8-9-10-11-12-13-14-15-16-17-18-19-20-22-31-24-26(28)25-33-34(29,30)32-23-21-27(2,3)4/h26,28H,5-25H2,1-4H3/t26-/m1/s1. The molecule has 0 aliphatic heterocycles. The topological polar surface area (TPSA) is 88.0 Å². The van der Waals surface area contributed by atoms with Gasteiger partial charge in [0.1, 0.15) is 19.3 Å². The Balaban J connectivity index is 3.37. The zero-order valence-electron chi connectivity index (χ0n) is 22.8. The van der Waals surface area contributed by atoms with Gasteiger partial charge in [0.05, 0.1) is 34.4 Å². The normalized spacial score (nSPS) is 14.9. The minimum atomic E-state index is -4.39. The molecule has 0 bridgehead atoms. The first kappa shape index (κ1) is 34.0. The van der Waals surface area contributed by atoms with Crippen LogP contribution >= 0.6 is 7.82 Å². The summed E-state index contributed by atoms with van der Waals surface area (Å²) >= 11 is 0. The summed E-state index contributed by atoms with van der Waals surface area (Å²) in [5.74, 6) is 0. The first-order valence-electron chi connectivity index (χ1n) is 13.8. The van der Waals surface area contributed by atoms with Crippen LogP contribution in [0.3, 0.4) is 0 Å². The summed E-state index contributed by atoms with van der Waals surface area (Å²) in [5.41, 5.74) is 0. The van der Waals surface area contributed by atoms with Gasteiger partial charge in [-0.3, -0.25) is 4.57 Å². The Labute approximate surface area is 210 Å². The van der Waals surface area contributed by atoms with Crippen molar-refractivity contribution < 1.29 is 32.8 Å². The van der Waals surface area contributed by atoms with E-state index >= 15 is 0 Å². The molecule has 8 heteroatoms. The zero-order valence-corrected chi connectivity index (χ0v) is 23.7. The Morgan fingerprint density at radius 2 is 1.15 bits per heavy atom. The number of ether oxygens (including phenoxy) is 1. The molecule has 2 atom stereocenters.